The van der Waals surface area contributed by atoms with Gasteiger partial charge in [0, 0.05) is 24.0 Å². The number of halogens is 2. The Balaban J connectivity index is 1.41. The van der Waals surface area contributed by atoms with Crippen molar-refractivity contribution in [1.29, 1.82) is 0 Å². The second-order valence-electron chi connectivity index (χ2n) is 8.24. The molecule has 1 fully saturated rings. The van der Waals surface area contributed by atoms with Crippen molar-refractivity contribution in [2.24, 2.45) is 0 Å². The normalized spacial score (nSPS) is 14.2. The maximum Gasteiger partial charge on any atom is 0.251 e. The summed E-state index contributed by atoms with van der Waals surface area (Å²) >= 11 is 5.76. The number of anilines is 2. The highest BCUT2D eigenvalue weighted by atomic mass is 35.5. The van der Waals surface area contributed by atoms with E-state index in [2.05, 4.69) is 20.4 Å². The molecule has 0 spiro atoms. The van der Waals surface area contributed by atoms with E-state index in [0.29, 0.717) is 28.8 Å². The zero-order valence-corrected chi connectivity index (χ0v) is 19.1. The smallest absolute Gasteiger partial charge is 0.251 e. The van der Waals surface area contributed by atoms with Gasteiger partial charge in [0.2, 0.25) is 5.95 Å². The zero-order chi connectivity index (χ0) is 23.8. The molecule has 174 valence electrons. The fourth-order valence-corrected chi connectivity index (χ4v) is 4.03. The van der Waals surface area contributed by atoms with Crippen LogP contribution >= 0.6 is 11.6 Å². The lowest BCUT2D eigenvalue weighted by molar-refractivity contribution is 0.247. The first-order valence-corrected chi connectivity index (χ1v) is 11.2. The molecule has 0 amide bonds. The van der Waals surface area contributed by atoms with E-state index in [0.717, 1.165) is 24.2 Å². The molecule has 3 heterocycles. The van der Waals surface area contributed by atoms with E-state index in [1.54, 1.807) is 36.8 Å². The summed E-state index contributed by atoms with van der Waals surface area (Å²) in [5, 5.41) is 17.5. The second-order valence-corrected chi connectivity index (χ2v) is 8.65. The summed E-state index contributed by atoms with van der Waals surface area (Å²) in [6.45, 7) is 1.62. The molecule has 4 aromatic rings. The van der Waals surface area contributed by atoms with Gasteiger partial charge in [0.05, 0.1) is 47.0 Å². The molecule has 1 aliphatic rings. The lowest BCUT2D eigenvalue weighted by Crippen LogP contribution is -2.27. The number of hydrogen-bond acceptors (Lipinski definition) is 6. The molecule has 10 heteroatoms. The van der Waals surface area contributed by atoms with Crippen LogP contribution in [0.3, 0.4) is 0 Å². The van der Waals surface area contributed by atoms with E-state index in [9.17, 15) is 14.3 Å². The first-order chi connectivity index (χ1) is 16.4. The van der Waals surface area contributed by atoms with Crippen molar-refractivity contribution < 1.29 is 9.50 Å². The van der Waals surface area contributed by atoms with Gasteiger partial charge in [0.25, 0.3) is 5.56 Å². The molecule has 2 N–H and O–H groups in total. The highest BCUT2D eigenvalue weighted by Crippen LogP contribution is 2.36. The number of nitrogens with zero attached hydrogens (tertiary/aromatic N) is 5. The monoisotopic (exact) mass is 480 g/mol. The Hall–Kier alpha value is -3.56. The summed E-state index contributed by atoms with van der Waals surface area (Å²) < 4.78 is 17.3. The lowest BCUT2D eigenvalue weighted by atomic mass is 10.1. The van der Waals surface area contributed by atoms with Gasteiger partial charge in [-0.2, -0.15) is 5.10 Å². The van der Waals surface area contributed by atoms with Crippen LogP contribution in [0.2, 0.25) is 5.02 Å². The van der Waals surface area contributed by atoms with Gasteiger partial charge in [-0.05, 0) is 49.6 Å². The zero-order valence-electron chi connectivity index (χ0n) is 18.3. The van der Waals surface area contributed by atoms with Crippen LogP contribution < -0.4 is 10.9 Å². The van der Waals surface area contributed by atoms with Crippen LogP contribution in [0.25, 0.3) is 11.3 Å². The Morgan fingerprint density at radius 2 is 2.09 bits per heavy atom. The standard InChI is InChI=1S/C24H22ClFN6O2/c1-14-21(12-28-32(14)17-3-4-17)30-24-27-8-6-20(29-24)15-7-9-31(23(34)11-15)22(13-33)16-2-5-18(25)19(26)10-16/h2,5-12,17,22,33H,3-4,13H2,1H3,(H,27,29,30). The quantitative estimate of drug-likeness (QED) is 0.410. The highest BCUT2D eigenvalue weighted by molar-refractivity contribution is 6.30. The van der Waals surface area contributed by atoms with Gasteiger partial charge in [-0.3, -0.25) is 9.48 Å². The average molecular weight is 481 g/mol. The van der Waals surface area contributed by atoms with Gasteiger partial charge >= 0.3 is 0 Å². The average Bonchev–Trinajstić information content (AvgIpc) is 3.61. The fourth-order valence-electron chi connectivity index (χ4n) is 3.91. The van der Waals surface area contributed by atoms with Crippen molar-refractivity contribution in [3.8, 4) is 11.3 Å². The van der Waals surface area contributed by atoms with Crippen molar-refractivity contribution in [2.45, 2.75) is 31.8 Å². The van der Waals surface area contributed by atoms with Crippen molar-refractivity contribution in [3.63, 3.8) is 0 Å². The largest absolute Gasteiger partial charge is 0.394 e. The van der Waals surface area contributed by atoms with Gasteiger partial charge in [0.15, 0.2) is 0 Å². The van der Waals surface area contributed by atoms with Crippen LogP contribution in [0, 0.1) is 12.7 Å². The summed E-state index contributed by atoms with van der Waals surface area (Å²) in [4.78, 5) is 21.7. The molecule has 1 aliphatic carbocycles. The van der Waals surface area contributed by atoms with Crippen LogP contribution in [0.4, 0.5) is 16.0 Å². The molecular formula is C24H22ClFN6O2. The highest BCUT2D eigenvalue weighted by Gasteiger charge is 2.26. The predicted octanol–water partition coefficient (Wildman–Crippen LogP) is 4.26. The van der Waals surface area contributed by atoms with E-state index in [1.165, 1.54) is 22.8 Å². The van der Waals surface area contributed by atoms with Crippen molar-refractivity contribution in [2.75, 3.05) is 11.9 Å². The molecule has 5 rings (SSSR count). The maximum absolute atomic E-state index is 13.9. The number of aliphatic hydroxyl groups is 1. The molecule has 1 saturated carbocycles. The molecule has 1 atom stereocenters. The molecule has 0 saturated heterocycles. The van der Waals surface area contributed by atoms with Crippen molar-refractivity contribution in [3.05, 3.63) is 87.4 Å². The summed E-state index contributed by atoms with van der Waals surface area (Å²) in [6.07, 6.45) is 7.22. The molecule has 0 radical (unpaired) electrons. The number of rotatable bonds is 7. The van der Waals surface area contributed by atoms with Gasteiger partial charge in [0.1, 0.15) is 5.82 Å². The van der Waals surface area contributed by atoms with Crippen molar-refractivity contribution >= 4 is 23.2 Å². The SMILES string of the molecule is Cc1c(Nc2nccc(-c3ccn(C(CO)c4ccc(Cl)c(F)c4)c(=O)c3)n2)cnn1C1CC1. The van der Waals surface area contributed by atoms with Crippen LogP contribution in [0.15, 0.2) is 59.8 Å². The van der Waals surface area contributed by atoms with Crippen molar-refractivity contribution in [1.82, 2.24) is 24.3 Å². The minimum Gasteiger partial charge on any atom is -0.394 e. The lowest BCUT2D eigenvalue weighted by Gasteiger charge is -2.18. The van der Waals surface area contributed by atoms with Crippen LogP contribution in [-0.2, 0) is 0 Å². The van der Waals surface area contributed by atoms with Gasteiger partial charge in [-0.15, -0.1) is 0 Å². The third kappa shape index (κ3) is 4.32. The number of benzene rings is 1. The van der Waals surface area contributed by atoms with Crippen LogP contribution in [-0.4, -0.2) is 36.0 Å². The summed E-state index contributed by atoms with van der Waals surface area (Å²) in [5.41, 5.74) is 3.09. The van der Waals surface area contributed by atoms with E-state index in [1.807, 2.05) is 11.6 Å². The Morgan fingerprint density at radius 3 is 2.79 bits per heavy atom. The molecule has 34 heavy (non-hydrogen) atoms. The van der Waals surface area contributed by atoms with E-state index in [-0.39, 0.29) is 17.2 Å². The Labute approximate surface area is 199 Å². The number of hydrogen-bond donors (Lipinski definition) is 2. The Kier molecular flexibility index (Phi) is 5.89. The topological polar surface area (TPSA) is 97.9 Å². The van der Waals surface area contributed by atoms with E-state index in [4.69, 9.17) is 11.6 Å². The molecule has 8 nitrogen and oxygen atoms in total. The van der Waals surface area contributed by atoms with Gasteiger partial charge in [-0.25, -0.2) is 14.4 Å². The first kappa shape index (κ1) is 22.2. The Morgan fingerprint density at radius 1 is 1.26 bits per heavy atom. The van der Waals surface area contributed by atoms with E-state index < -0.39 is 11.9 Å². The first-order valence-electron chi connectivity index (χ1n) is 10.9. The number of pyridine rings is 1. The maximum atomic E-state index is 13.9. The third-order valence-corrected chi connectivity index (χ3v) is 6.23. The number of aromatic nitrogens is 5. The minimum atomic E-state index is -0.748. The predicted molar refractivity (Wildman–Crippen MR) is 127 cm³/mol. The molecule has 3 aromatic heterocycles. The molecule has 0 aliphatic heterocycles. The molecule has 1 unspecified atom stereocenters. The van der Waals surface area contributed by atoms with Gasteiger partial charge in [-0.1, -0.05) is 17.7 Å². The molecule has 0 bridgehead atoms. The minimum absolute atomic E-state index is 0.0219. The van der Waals surface area contributed by atoms with E-state index >= 15 is 0 Å². The van der Waals surface area contributed by atoms with Crippen LogP contribution in [0.1, 0.15) is 36.2 Å². The summed E-state index contributed by atoms with van der Waals surface area (Å²) in [5.74, 6) is -0.216. The summed E-state index contributed by atoms with van der Waals surface area (Å²) in [6, 6.07) is 8.80. The summed E-state index contributed by atoms with van der Waals surface area (Å²) in [7, 11) is 0. The Bertz CT molecular complexity index is 1410. The molecular weight excluding hydrogens is 459 g/mol. The van der Waals surface area contributed by atoms with Crippen LogP contribution in [0.5, 0.6) is 0 Å². The fraction of sp³-hybridized carbons (Fsp3) is 0.250. The molecule has 1 aromatic carbocycles. The van der Waals surface area contributed by atoms with Gasteiger partial charge < -0.3 is 15.0 Å². The third-order valence-electron chi connectivity index (χ3n) is 5.92. The number of aliphatic hydroxyl groups excluding tert-OH is 1. The number of nitrogens with one attached hydrogen (secondary N) is 1. The second kappa shape index (κ2) is 9.00.